The zero-order chi connectivity index (χ0) is 49.2. The summed E-state index contributed by atoms with van der Waals surface area (Å²) in [7, 11) is -1.16. The molecule has 8 aromatic carbocycles. The van der Waals surface area contributed by atoms with Crippen LogP contribution in [0.2, 0.25) is 0 Å². The molecule has 2 fully saturated rings. The second-order valence-corrected chi connectivity index (χ2v) is 23.8. The molecule has 0 aliphatic carbocycles. The molecule has 2 heterocycles. The maximum atomic E-state index is 6.76. The van der Waals surface area contributed by atoms with Gasteiger partial charge in [0.15, 0.2) is 0 Å². The minimum absolute atomic E-state index is 0. The molecule has 0 amide bonds. The Balaban J connectivity index is 0.000000192. The molecule has 4 nitrogen and oxygen atoms in total. The predicted molar refractivity (Wildman–Crippen MR) is 300 cm³/mol. The van der Waals surface area contributed by atoms with Crippen molar-refractivity contribution in [3.05, 3.63) is 300 Å². The zero-order valence-corrected chi connectivity index (χ0v) is 44.6. The minimum Gasteiger partial charge on any atom is -0.370 e. The van der Waals surface area contributed by atoms with Gasteiger partial charge in [-0.2, -0.15) is 0 Å². The van der Waals surface area contributed by atoms with Crippen molar-refractivity contribution in [3.63, 3.8) is 0 Å². The standard InChI is InChI=1S/2C33H34O2P.Fe/c2*1-36-30(22-26-14-6-2-7-15-26)32(34-24-28-18-10-4-11-19-28)33(35-25-29-20-12-5-13-21-29)31(36)23-27-16-8-3-9-17-27;/h2*2-21,30-33H,1,22-25H2;/q2*-1;+2/t30-,31?,32-,33-,36?;30-,31-,32-,33-;/m00./s1. The van der Waals surface area contributed by atoms with Gasteiger partial charge in [-0.25, -0.2) is 0 Å². The van der Waals surface area contributed by atoms with Crippen LogP contribution in [0.1, 0.15) is 44.5 Å². The number of hydrogen-bond donors (Lipinski definition) is 0. The van der Waals surface area contributed by atoms with Crippen LogP contribution >= 0.6 is 15.8 Å². The summed E-state index contributed by atoms with van der Waals surface area (Å²) in [4.78, 5) is 0. The molecule has 7 heteroatoms. The van der Waals surface area contributed by atoms with Crippen molar-refractivity contribution in [1.82, 2.24) is 0 Å². The number of hydrogen-bond acceptors (Lipinski definition) is 4. The third-order valence-electron chi connectivity index (χ3n) is 14.2. The van der Waals surface area contributed by atoms with Gasteiger partial charge in [-0.15, -0.1) is 0 Å². The number of ether oxygens (including phenoxy) is 4. The van der Waals surface area contributed by atoms with Crippen LogP contribution in [0.15, 0.2) is 243 Å². The summed E-state index contributed by atoms with van der Waals surface area (Å²) in [5.74, 6) is 0. The molecule has 0 N–H and O–H groups in total. The van der Waals surface area contributed by atoms with E-state index in [0.29, 0.717) is 49.1 Å². The van der Waals surface area contributed by atoms with E-state index in [9.17, 15) is 0 Å². The summed E-state index contributed by atoms with van der Waals surface area (Å²) >= 11 is 0. The summed E-state index contributed by atoms with van der Waals surface area (Å²) in [6.45, 7) is 12.0. The fourth-order valence-corrected chi connectivity index (χ4v) is 15.7. The first-order valence-electron chi connectivity index (χ1n) is 25.5. The second kappa shape index (κ2) is 28.6. The van der Waals surface area contributed by atoms with Gasteiger partial charge in [0.25, 0.3) is 0 Å². The molecule has 374 valence electrons. The molecule has 2 saturated heterocycles. The van der Waals surface area contributed by atoms with Crippen molar-refractivity contribution in [2.45, 2.75) is 99.2 Å². The molecule has 2 unspecified atom stereocenters. The zero-order valence-electron chi connectivity index (χ0n) is 41.7. The van der Waals surface area contributed by atoms with Crippen LogP contribution in [0.3, 0.4) is 0 Å². The van der Waals surface area contributed by atoms with Crippen LogP contribution in [0.5, 0.6) is 0 Å². The van der Waals surface area contributed by atoms with Gasteiger partial charge in [0.05, 0.1) is 50.8 Å². The van der Waals surface area contributed by atoms with E-state index in [1.807, 2.05) is 24.3 Å². The van der Waals surface area contributed by atoms with E-state index in [4.69, 9.17) is 32.3 Å². The molecular weight excluding hydrogens is 975 g/mol. The monoisotopic (exact) mass is 1040 g/mol. The van der Waals surface area contributed by atoms with E-state index >= 15 is 0 Å². The van der Waals surface area contributed by atoms with Crippen LogP contribution < -0.4 is 0 Å². The smallest absolute Gasteiger partial charge is 0.370 e. The Labute approximate surface area is 448 Å². The van der Waals surface area contributed by atoms with Gasteiger partial charge in [-0.1, -0.05) is 243 Å². The van der Waals surface area contributed by atoms with E-state index in [-0.39, 0.29) is 41.5 Å². The third-order valence-corrected chi connectivity index (χ3v) is 19.5. The average Bonchev–Trinajstić information content (AvgIpc) is 3.83. The Bertz CT molecular complexity index is 2340. The van der Waals surface area contributed by atoms with Gasteiger partial charge < -0.3 is 32.3 Å². The predicted octanol–water partition coefficient (Wildman–Crippen LogP) is 15.3. The minimum atomic E-state index is -0.579. The first-order valence-corrected chi connectivity index (χ1v) is 28.8. The number of rotatable bonds is 20. The van der Waals surface area contributed by atoms with Crippen molar-refractivity contribution >= 4 is 15.8 Å². The molecule has 0 radical (unpaired) electrons. The summed E-state index contributed by atoms with van der Waals surface area (Å²) in [5, 5.41) is 0. The molecular formula is C66H68FeO4P2. The van der Waals surface area contributed by atoms with Gasteiger partial charge in [0, 0.05) is 0 Å². The van der Waals surface area contributed by atoms with Crippen LogP contribution in [0, 0.1) is 13.3 Å². The van der Waals surface area contributed by atoms with Crippen LogP contribution in [0.4, 0.5) is 0 Å². The molecule has 2 aliphatic heterocycles. The van der Waals surface area contributed by atoms with E-state index in [1.165, 1.54) is 44.5 Å². The third kappa shape index (κ3) is 15.5. The molecule has 8 aromatic rings. The average molecular weight is 1040 g/mol. The molecule has 73 heavy (non-hydrogen) atoms. The molecule has 0 spiro atoms. The van der Waals surface area contributed by atoms with Crippen LogP contribution in [0.25, 0.3) is 0 Å². The Morgan fingerprint density at radius 2 is 0.397 bits per heavy atom. The molecule has 0 saturated carbocycles. The van der Waals surface area contributed by atoms with Crippen molar-refractivity contribution in [2.75, 3.05) is 0 Å². The molecule has 0 bridgehead atoms. The maximum absolute atomic E-state index is 6.76. The fraction of sp³-hybridized carbons (Fsp3) is 0.242. The van der Waals surface area contributed by atoms with Crippen molar-refractivity contribution in [2.24, 2.45) is 0 Å². The summed E-state index contributed by atoms with van der Waals surface area (Å²) in [6, 6.07) is 85.0. The Morgan fingerprint density at radius 1 is 0.247 bits per heavy atom. The van der Waals surface area contributed by atoms with Crippen LogP contribution in [-0.4, -0.2) is 47.1 Å². The first kappa shape index (κ1) is 54.2. The van der Waals surface area contributed by atoms with E-state index < -0.39 is 15.8 Å². The quantitative estimate of drug-likeness (QED) is 0.0433. The fourth-order valence-electron chi connectivity index (χ4n) is 10.4. The van der Waals surface area contributed by atoms with Gasteiger partial charge in [0.1, 0.15) is 0 Å². The molecule has 0 aromatic heterocycles. The summed E-state index contributed by atoms with van der Waals surface area (Å²) in [6.07, 6.45) is 3.83. The van der Waals surface area contributed by atoms with Crippen molar-refractivity contribution in [3.8, 4) is 0 Å². The van der Waals surface area contributed by atoms with Gasteiger partial charge >= 0.3 is 17.1 Å². The van der Waals surface area contributed by atoms with Crippen molar-refractivity contribution in [1.29, 1.82) is 0 Å². The topological polar surface area (TPSA) is 36.9 Å². The maximum Gasteiger partial charge on any atom is 2.00 e. The second-order valence-electron chi connectivity index (χ2n) is 19.1. The van der Waals surface area contributed by atoms with Crippen molar-refractivity contribution < 1.29 is 36.0 Å². The summed E-state index contributed by atoms with van der Waals surface area (Å²) in [5.41, 5.74) is 11.5. The van der Waals surface area contributed by atoms with Gasteiger partial charge in [0.2, 0.25) is 0 Å². The number of benzene rings is 8. The van der Waals surface area contributed by atoms with Crippen LogP contribution in [-0.2, 0) is 88.1 Å². The van der Waals surface area contributed by atoms with E-state index in [1.54, 1.807) is 0 Å². The Morgan fingerprint density at radius 3 is 0.562 bits per heavy atom. The van der Waals surface area contributed by atoms with E-state index in [0.717, 1.165) is 25.7 Å². The summed E-state index contributed by atoms with van der Waals surface area (Å²) < 4.78 is 27.1. The molecule has 10 rings (SSSR count). The van der Waals surface area contributed by atoms with Gasteiger partial charge in [-0.05, 0) is 92.8 Å². The van der Waals surface area contributed by atoms with E-state index in [2.05, 4.69) is 218 Å². The SMILES string of the molecule is [CH2-]P1C(Cc2ccccc2)[C@H](OCc2ccccc2)[C@@H](OCc2ccccc2)[C@@H]1Cc1ccccc1.[CH2-]P1[C@@H](Cc2ccccc2)[C@H](OCc2ccccc2)[C@@H](OCc2ccccc2)[C@@H]1Cc1ccccc1.[Fe+2]. The molecule has 9 atom stereocenters. The first-order chi connectivity index (χ1) is 35.6. The largest absolute Gasteiger partial charge is 2.00 e. The van der Waals surface area contributed by atoms with Gasteiger partial charge in [-0.3, -0.25) is 15.8 Å². The normalized spacial score (nSPS) is 22.5. The molecule has 2 aliphatic rings. The Kier molecular flexibility index (Phi) is 21.2. The Hall–Kier alpha value is -5.02.